The molecular formula is C24H28F3N3O2. The zero-order chi connectivity index (χ0) is 23.7. The van der Waals surface area contributed by atoms with E-state index in [0.717, 1.165) is 24.2 Å². The number of amides is 2. The molecule has 1 atom stereocenters. The molecule has 0 bridgehead atoms. The third-order valence-electron chi connectivity index (χ3n) is 5.69. The summed E-state index contributed by atoms with van der Waals surface area (Å²) in [6.45, 7) is 8.24. The number of ketones is 1. The molecule has 1 aliphatic rings. The lowest BCUT2D eigenvalue weighted by Gasteiger charge is -2.33. The highest BCUT2D eigenvalue weighted by Crippen LogP contribution is 2.34. The van der Waals surface area contributed by atoms with Crippen LogP contribution < -0.4 is 4.90 Å². The Kier molecular flexibility index (Phi) is 6.62. The van der Waals surface area contributed by atoms with Crippen molar-refractivity contribution in [2.75, 3.05) is 18.0 Å². The predicted molar refractivity (Wildman–Crippen MR) is 116 cm³/mol. The number of Topliss-reactive ketones (excluding diaryl/α,β-unsaturated/α-hetero) is 1. The van der Waals surface area contributed by atoms with Crippen LogP contribution >= 0.6 is 0 Å². The molecule has 172 valence electrons. The lowest BCUT2D eigenvalue weighted by molar-refractivity contribution is -0.137. The molecule has 0 aliphatic carbocycles. The van der Waals surface area contributed by atoms with Crippen molar-refractivity contribution in [2.24, 2.45) is 5.41 Å². The fourth-order valence-corrected chi connectivity index (χ4v) is 3.89. The van der Waals surface area contributed by atoms with E-state index in [-0.39, 0.29) is 41.8 Å². The molecule has 32 heavy (non-hydrogen) atoms. The largest absolute Gasteiger partial charge is 0.416 e. The number of benzene rings is 1. The second-order valence-corrected chi connectivity index (χ2v) is 9.18. The fraction of sp³-hybridized carbons (Fsp3) is 0.458. The summed E-state index contributed by atoms with van der Waals surface area (Å²) in [7, 11) is 0. The van der Waals surface area contributed by atoms with Crippen LogP contribution in [0.5, 0.6) is 0 Å². The Labute approximate surface area is 186 Å². The van der Waals surface area contributed by atoms with Gasteiger partial charge in [-0.1, -0.05) is 45.9 Å². The van der Waals surface area contributed by atoms with E-state index in [2.05, 4.69) is 4.98 Å². The molecule has 8 heteroatoms. The van der Waals surface area contributed by atoms with Gasteiger partial charge in [-0.2, -0.15) is 13.2 Å². The van der Waals surface area contributed by atoms with Crippen molar-refractivity contribution in [2.45, 2.75) is 52.8 Å². The second-order valence-electron chi connectivity index (χ2n) is 9.18. The molecule has 2 aromatic rings. The Hall–Kier alpha value is -2.90. The first kappa shape index (κ1) is 23.8. The molecule has 3 rings (SSSR count). The van der Waals surface area contributed by atoms with Crippen LogP contribution in [0.3, 0.4) is 0 Å². The van der Waals surface area contributed by atoms with Crippen LogP contribution in [0.2, 0.25) is 0 Å². The van der Waals surface area contributed by atoms with Crippen LogP contribution in [0.1, 0.15) is 44.5 Å². The Bertz CT molecular complexity index is 981. The van der Waals surface area contributed by atoms with Gasteiger partial charge in [0, 0.05) is 18.7 Å². The third-order valence-corrected chi connectivity index (χ3v) is 5.69. The maximum atomic E-state index is 13.2. The molecule has 1 fully saturated rings. The monoisotopic (exact) mass is 447 g/mol. The number of alkyl halides is 3. The molecular weight excluding hydrogens is 419 g/mol. The van der Waals surface area contributed by atoms with Crippen molar-refractivity contribution in [3.63, 3.8) is 0 Å². The highest BCUT2D eigenvalue weighted by atomic mass is 19.4. The normalized spacial score (nSPS) is 17.2. The van der Waals surface area contributed by atoms with Crippen LogP contribution in [0.25, 0.3) is 0 Å². The van der Waals surface area contributed by atoms with Crippen molar-refractivity contribution >= 4 is 17.5 Å². The summed E-state index contributed by atoms with van der Waals surface area (Å²) in [5, 5.41) is 0. The van der Waals surface area contributed by atoms with Gasteiger partial charge in [0.05, 0.1) is 30.0 Å². The van der Waals surface area contributed by atoms with E-state index in [1.807, 2.05) is 39.8 Å². The molecule has 0 unspecified atom stereocenters. The van der Waals surface area contributed by atoms with E-state index in [4.69, 9.17) is 0 Å². The van der Waals surface area contributed by atoms with Gasteiger partial charge < -0.3 is 4.90 Å². The number of halogens is 3. The average molecular weight is 448 g/mol. The number of carbonyl (C=O) groups is 2. The van der Waals surface area contributed by atoms with Gasteiger partial charge in [0.1, 0.15) is 0 Å². The minimum Gasteiger partial charge on any atom is -0.312 e. The van der Waals surface area contributed by atoms with E-state index in [1.165, 1.54) is 17.0 Å². The fourth-order valence-electron chi connectivity index (χ4n) is 3.89. The number of aromatic nitrogens is 1. The Balaban J connectivity index is 1.78. The number of hydrogen-bond donors (Lipinski definition) is 0. The number of nitrogens with zero attached hydrogens (tertiary/aromatic N) is 3. The van der Waals surface area contributed by atoms with E-state index in [0.29, 0.717) is 12.2 Å². The number of carbonyl (C=O) groups excluding carboxylic acids is 2. The quantitative estimate of drug-likeness (QED) is 0.617. The summed E-state index contributed by atoms with van der Waals surface area (Å²) >= 11 is 0. The summed E-state index contributed by atoms with van der Waals surface area (Å²) in [4.78, 5) is 33.5. The lowest BCUT2D eigenvalue weighted by atomic mass is 9.86. The number of pyridine rings is 1. The number of rotatable bonds is 6. The zero-order valence-corrected chi connectivity index (χ0v) is 18.7. The van der Waals surface area contributed by atoms with Crippen molar-refractivity contribution in [3.05, 3.63) is 59.4 Å². The SMILES string of the molecule is CCc1ccc(N2C[C@H](C(C)(C)C)N(CC(=O)Cc3cccc(C(F)(F)F)c3)C2=O)cn1. The first-order valence-electron chi connectivity index (χ1n) is 10.6. The maximum Gasteiger partial charge on any atom is 0.416 e. The van der Waals surface area contributed by atoms with Crippen molar-refractivity contribution in [1.29, 1.82) is 0 Å². The Morgan fingerprint density at radius 1 is 1.16 bits per heavy atom. The van der Waals surface area contributed by atoms with E-state index in [1.54, 1.807) is 11.1 Å². The summed E-state index contributed by atoms with van der Waals surface area (Å²) in [6.07, 6.45) is -2.19. The molecule has 2 amide bonds. The lowest BCUT2D eigenvalue weighted by Crippen LogP contribution is -2.45. The average Bonchev–Trinajstić information content (AvgIpc) is 3.04. The summed E-state index contributed by atoms with van der Waals surface area (Å²) in [5.41, 5.74) is 0.773. The molecule has 5 nitrogen and oxygen atoms in total. The van der Waals surface area contributed by atoms with Crippen LogP contribution in [0.15, 0.2) is 42.6 Å². The molecule has 1 aliphatic heterocycles. The maximum absolute atomic E-state index is 13.2. The standard InChI is InChI=1S/C24H28F3N3O2/c1-5-18-9-10-19(13-28-18)29-15-21(23(2,3)4)30(22(29)32)14-20(31)12-16-7-6-8-17(11-16)24(25,26)27/h6-11,13,21H,5,12,14-15H2,1-4H3/t21-/m1/s1. The summed E-state index contributed by atoms with van der Waals surface area (Å²) in [5.74, 6) is -0.312. The molecule has 1 saturated heterocycles. The minimum absolute atomic E-state index is 0.159. The van der Waals surface area contributed by atoms with Crippen LogP contribution in [0, 0.1) is 5.41 Å². The highest BCUT2D eigenvalue weighted by Gasteiger charge is 2.44. The number of aryl methyl sites for hydroxylation is 1. The van der Waals surface area contributed by atoms with E-state index in [9.17, 15) is 22.8 Å². The molecule has 2 heterocycles. The van der Waals surface area contributed by atoms with Gasteiger partial charge in [-0.25, -0.2) is 4.79 Å². The van der Waals surface area contributed by atoms with Crippen molar-refractivity contribution in [1.82, 2.24) is 9.88 Å². The predicted octanol–water partition coefficient (Wildman–Crippen LogP) is 5.13. The Morgan fingerprint density at radius 3 is 2.44 bits per heavy atom. The molecule has 0 spiro atoms. The van der Waals surface area contributed by atoms with E-state index >= 15 is 0 Å². The van der Waals surface area contributed by atoms with Gasteiger partial charge in [-0.05, 0) is 35.6 Å². The van der Waals surface area contributed by atoms with Gasteiger partial charge in [0.25, 0.3) is 0 Å². The van der Waals surface area contributed by atoms with Gasteiger partial charge >= 0.3 is 12.2 Å². The van der Waals surface area contributed by atoms with Gasteiger partial charge in [-0.15, -0.1) is 0 Å². The smallest absolute Gasteiger partial charge is 0.312 e. The topological polar surface area (TPSA) is 53.5 Å². The molecule has 1 aromatic carbocycles. The van der Waals surface area contributed by atoms with Crippen LogP contribution in [0.4, 0.5) is 23.7 Å². The summed E-state index contributed by atoms with van der Waals surface area (Å²) < 4.78 is 38.9. The van der Waals surface area contributed by atoms with Crippen LogP contribution in [-0.4, -0.2) is 40.8 Å². The third kappa shape index (κ3) is 5.29. The van der Waals surface area contributed by atoms with E-state index < -0.39 is 11.7 Å². The second kappa shape index (κ2) is 8.92. The van der Waals surface area contributed by atoms with Crippen molar-refractivity contribution in [3.8, 4) is 0 Å². The number of urea groups is 1. The molecule has 0 N–H and O–H groups in total. The first-order valence-corrected chi connectivity index (χ1v) is 10.6. The first-order chi connectivity index (χ1) is 14.9. The highest BCUT2D eigenvalue weighted by molar-refractivity contribution is 5.97. The van der Waals surface area contributed by atoms with Crippen molar-refractivity contribution < 1.29 is 22.8 Å². The molecule has 1 aromatic heterocycles. The molecule has 0 saturated carbocycles. The number of anilines is 1. The van der Waals surface area contributed by atoms with Gasteiger partial charge in [-0.3, -0.25) is 14.7 Å². The van der Waals surface area contributed by atoms with Crippen LogP contribution in [-0.2, 0) is 23.8 Å². The van der Waals surface area contributed by atoms with Gasteiger partial charge in [0.15, 0.2) is 5.78 Å². The minimum atomic E-state index is -4.47. The number of hydrogen-bond acceptors (Lipinski definition) is 3. The molecule has 0 radical (unpaired) electrons. The Morgan fingerprint density at radius 2 is 1.88 bits per heavy atom. The zero-order valence-electron chi connectivity index (χ0n) is 18.7. The summed E-state index contributed by atoms with van der Waals surface area (Å²) in [6, 6.07) is 7.93. The van der Waals surface area contributed by atoms with Gasteiger partial charge in [0.2, 0.25) is 0 Å².